The molecule has 0 amide bonds. The minimum Gasteiger partial charge on any atom is -0.451 e. The zero-order valence-corrected chi connectivity index (χ0v) is 11.7. The first-order valence-electron chi connectivity index (χ1n) is 6.02. The molecule has 0 saturated heterocycles. The number of carbonyl (C=O) groups excluding carboxylic acids is 1. The quantitative estimate of drug-likeness (QED) is 0.362. The Morgan fingerprint density at radius 2 is 1.84 bits per heavy atom. The molecule has 100 valence electrons. The highest BCUT2D eigenvalue weighted by molar-refractivity contribution is 6.39. The molecule has 0 aromatic heterocycles. The molecule has 0 unspecified atom stereocenters. The lowest BCUT2D eigenvalue weighted by Crippen LogP contribution is -2.28. The first-order valence-corrected chi connectivity index (χ1v) is 6.02. The highest BCUT2D eigenvalue weighted by atomic mass is 16.6. The van der Waals surface area contributed by atoms with Crippen LogP contribution in [0.25, 0.3) is 11.6 Å². The molecule has 0 spiro atoms. The standard InChI is InChI=1S/C15H18N2O2/c1-11-5-7-12(8-6-11)9-10-13(17-16)14(18)19-15(2,3)4/h5-10H,1-4H3/b10-9+. The molecule has 0 heterocycles. The van der Waals surface area contributed by atoms with Crippen LogP contribution in [0.5, 0.6) is 0 Å². The molecule has 4 heteroatoms. The summed E-state index contributed by atoms with van der Waals surface area (Å²) < 4.78 is 5.12. The third-order valence-corrected chi connectivity index (χ3v) is 2.23. The second-order valence-corrected chi connectivity index (χ2v) is 5.23. The van der Waals surface area contributed by atoms with E-state index in [2.05, 4.69) is 4.79 Å². The number of nitrogens with zero attached hydrogens (tertiary/aromatic N) is 2. The zero-order chi connectivity index (χ0) is 14.5. The SMILES string of the molecule is Cc1ccc(/C=C/C(=[N+]=[N-])C(=O)OC(C)(C)C)cc1. The molecule has 0 radical (unpaired) electrons. The van der Waals surface area contributed by atoms with Gasteiger partial charge in [0.15, 0.2) is 0 Å². The minimum absolute atomic E-state index is 0.129. The van der Waals surface area contributed by atoms with E-state index < -0.39 is 11.6 Å². The van der Waals surface area contributed by atoms with Gasteiger partial charge in [-0.25, -0.2) is 4.79 Å². The number of esters is 1. The second-order valence-electron chi connectivity index (χ2n) is 5.23. The summed E-state index contributed by atoms with van der Waals surface area (Å²) in [6, 6.07) is 7.75. The van der Waals surface area contributed by atoms with Gasteiger partial charge in [-0.05, 0) is 39.3 Å². The third kappa shape index (κ3) is 5.32. The molecule has 0 saturated carbocycles. The molecule has 1 rings (SSSR count). The maximum absolute atomic E-state index is 11.7. The van der Waals surface area contributed by atoms with Gasteiger partial charge in [-0.15, -0.1) is 0 Å². The molecule has 0 atom stereocenters. The average Bonchev–Trinajstić information content (AvgIpc) is 2.30. The Labute approximate surface area is 113 Å². The Morgan fingerprint density at radius 3 is 2.32 bits per heavy atom. The predicted octanol–water partition coefficient (Wildman–Crippen LogP) is 3.02. The Morgan fingerprint density at radius 1 is 1.26 bits per heavy atom. The number of aryl methyl sites for hydroxylation is 1. The van der Waals surface area contributed by atoms with E-state index >= 15 is 0 Å². The van der Waals surface area contributed by atoms with Crippen molar-refractivity contribution in [1.82, 2.24) is 0 Å². The lowest BCUT2D eigenvalue weighted by Gasteiger charge is -2.17. The molecule has 4 nitrogen and oxygen atoms in total. The number of hydrogen-bond donors (Lipinski definition) is 0. The van der Waals surface area contributed by atoms with Gasteiger partial charge in [-0.2, -0.15) is 4.79 Å². The van der Waals surface area contributed by atoms with Gasteiger partial charge in [-0.3, -0.25) is 0 Å². The lowest BCUT2D eigenvalue weighted by molar-refractivity contribution is -0.150. The van der Waals surface area contributed by atoms with Gasteiger partial charge >= 0.3 is 11.7 Å². The van der Waals surface area contributed by atoms with E-state index in [1.54, 1.807) is 26.8 Å². The molecule has 0 aliphatic heterocycles. The highest BCUT2D eigenvalue weighted by Gasteiger charge is 2.24. The van der Waals surface area contributed by atoms with E-state index in [1.165, 1.54) is 6.08 Å². The number of hydrogen-bond acceptors (Lipinski definition) is 2. The van der Waals surface area contributed by atoms with Gasteiger partial charge in [0.05, 0.1) is 0 Å². The van der Waals surface area contributed by atoms with Gasteiger partial charge in [0.25, 0.3) is 0 Å². The fraction of sp³-hybridized carbons (Fsp3) is 0.333. The van der Waals surface area contributed by atoms with E-state index in [0.29, 0.717) is 0 Å². The number of rotatable bonds is 3. The first-order chi connectivity index (χ1) is 8.81. The van der Waals surface area contributed by atoms with Crippen molar-refractivity contribution in [3.63, 3.8) is 0 Å². The largest absolute Gasteiger partial charge is 0.451 e. The predicted molar refractivity (Wildman–Crippen MR) is 74.7 cm³/mol. The van der Waals surface area contributed by atoms with Gasteiger partial charge in [-0.1, -0.05) is 29.8 Å². The fourth-order valence-electron chi connectivity index (χ4n) is 1.33. The summed E-state index contributed by atoms with van der Waals surface area (Å²) in [5, 5.41) is 0. The Bertz CT molecular complexity index is 530. The lowest BCUT2D eigenvalue weighted by atomic mass is 10.1. The maximum atomic E-state index is 11.7. The van der Waals surface area contributed by atoms with Crippen LogP contribution in [0.1, 0.15) is 31.9 Å². The van der Waals surface area contributed by atoms with Crippen LogP contribution in [-0.2, 0) is 9.53 Å². The van der Waals surface area contributed by atoms with Crippen molar-refractivity contribution < 1.29 is 14.3 Å². The van der Waals surface area contributed by atoms with Crippen molar-refractivity contribution in [3.05, 3.63) is 47.0 Å². The topological polar surface area (TPSA) is 62.7 Å². The van der Waals surface area contributed by atoms with Gasteiger partial charge in [0.2, 0.25) is 0 Å². The van der Waals surface area contributed by atoms with Crippen molar-refractivity contribution in [2.75, 3.05) is 0 Å². The van der Waals surface area contributed by atoms with Crippen molar-refractivity contribution in [2.45, 2.75) is 33.3 Å². The molecule has 0 fully saturated rings. The van der Waals surface area contributed by atoms with Crippen LogP contribution in [-0.4, -0.2) is 22.1 Å². The molecule has 0 N–H and O–H groups in total. The van der Waals surface area contributed by atoms with E-state index in [9.17, 15) is 4.79 Å². The summed E-state index contributed by atoms with van der Waals surface area (Å²) in [5.41, 5.74) is 10.2. The van der Waals surface area contributed by atoms with Crippen molar-refractivity contribution in [2.24, 2.45) is 0 Å². The molecular formula is C15H18N2O2. The normalized spacial score (nSPS) is 11.2. The number of ether oxygens (including phenoxy) is 1. The highest BCUT2D eigenvalue weighted by Crippen LogP contribution is 2.08. The van der Waals surface area contributed by atoms with Crippen LogP contribution in [0, 0.1) is 6.92 Å². The Balaban J connectivity index is 2.81. The van der Waals surface area contributed by atoms with Crippen LogP contribution in [0.4, 0.5) is 0 Å². The summed E-state index contributed by atoms with van der Waals surface area (Å²) in [6.07, 6.45) is 3.12. The third-order valence-electron chi connectivity index (χ3n) is 2.23. The molecule has 19 heavy (non-hydrogen) atoms. The van der Waals surface area contributed by atoms with Crippen LogP contribution >= 0.6 is 0 Å². The van der Waals surface area contributed by atoms with Crippen molar-refractivity contribution >= 4 is 17.8 Å². The van der Waals surface area contributed by atoms with Crippen LogP contribution in [0.15, 0.2) is 30.3 Å². The summed E-state index contributed by atoms with van der Waals surface area (Å²) in [7, 11) is 0. The average molecular weight is 258 g/mol. The van der Waals surface area contributed by atoms with E-state index in [4.69, 9.17) is 10.3 Å². The smallest absolute Gasteiger partial charge is 0.422 e. The monoisotopic (exact) mass is 258 g/mol. The van der Waals surface area contributed by atoms with E-state index in [-0.39, 0.29) is 5.71 Å². The van der Waals surface area contributed by atoms with Gasteiger partial charge in [0.1, 0.15) is 5.60 Å². The maximum Gasteiger partial charge on any atom is 0.422 e. The summed E-state index contributed by atoms with van der Waals surface area (Å²) >= 11 is 0. The van der Waals surface area contributed by atoms with Crippen molar-refractivity contribution in [1.29, 1.82) is 0 Å². The first kappa shape index (κ1) is 14.9. The van der Waals surface area contributed by atoms with Crippen LogP contribution in [0.2, 0.25) is 0 Å². The second kappa shape index (κ2) is 6.12. The summed E-state index contributed by atoms with van der Waals surface area (Å²) in [4.78, 5) is 14.7. The summed E-state index contributed by atoms with van der Waals surface area (Å²) in [5.74, 6) is -0.654. The molecule has 0 bridgehead atoms. The number of benzene rings is 1. The van der Waals surface area contributed by atoms with Crippen molar-refractivity contribution in [3.8, 4) is 0 Å². The van der Waals surface area contributed by atoms with Crippen LogP contribution in [0.3, 0.4) is 0 Å². The molecule has 1 aromatic rings. The fourth-order valence-corrected chi connectivity index (χ4v) is 1.33. The molecular weight excluding hydrogens is 240 g/mol. The molecule has 1 aromatic carbocycles. The minimum atomic E-state index is -0.654. The van der Waals surface area contributed by atoms with Crippen LogP contribution < -0.4 is 0 Å². The zero-order valence-electron chi connectivity index (χ0n) is 11.7. The number of carbonyl (C=O) groups is 1. The van der Waals surface area contributed by atoms with Gasteiger partial charge < -0.3 is 10.3 Å². The van der Waals surface area contributed by atoms with Gasteiger partial charge in [0, 0.05) is 6.08 Å². The molecule has 0 aliphatic carbocycles. The Hall–Kier alpha value is -2.19. The van der Waals surface area contributed by atoms with E-state index in [1.807, 2.05) is 31.2 Å². The Kier molecular flexibility index (Phi) is 4.79. The summed E-state index contributed by atoms with van der Waals surface area (Å²) in [6.45, 7) is 7.26. The molecule has 0 aliphatic rings. The van der Waals surface area contributed by atoms with E-state index in [0.717, 1.165) is 11.1 Å².